The van der Waals surface area contributed by atoms with Crippen LogP contribution in [0.2, 0.25) is 0 Å². The van der Waals surface area contributed by atoms with Crippen molar-refractivity contribution in [3.8, 4) is 16.9 Å². The number of hydrogen-bond acceptors (Lipinski definition) is 8. The highest BCUT2D eigenvalue weighted by Gasteiger charge is 2.34. The molecule has 2 saturated heterocycles. The first-order valence-electron chi connectivity index (χ1n) is 22.1. The third-order valence-electron chi connectivity index (χ3n) is 13.2. The van der Waals surface area contributed by atoms with E-state index in [1.54, 1.807) is 37.4 Å². The number of hydrogen-bond donors (Lipinski definition) is 3. The molecule has 0 saturated carbocycles. The van der Waals surface area contributed by atoms with Crippen molar-refractivity contribution in [1.82, 2.24) is 38.3 Å². The lowest BCUT2D eigenvalue weighted by atomic mass is 9.93. The van der Waals surface area contributed by atoms with Gasteiger partial charge in [0, 0.05) is 50.4 Å². The second kappa shape index (κ2) is 17.9. The molecule has 0 spiro atoms. The SMILES string of the molecule is Cn1ncn(-c2ccc(-c3cc4cc(C(F)(F)F)cc(C(=O)Nc5ccc(F)c(C(N)=O)c5)c4n3CCC3CCN(CCc4ccc5c(c4)n(C)c(=O)n5C4CCC(=O)NC4=O)CC3)cc2)c1=O. The molecule has 0 radical (unpaired) electrons. The maximum absolute atomic E-state index is 14.5. The van der Waals surface area contributed by atoms with Crippen LogP contribution in [0.1, 0.15) is 70.0 Å². The molecule has 20 heteroatoms. The van der Waals surface area contributed by atoms with Crippen molar-refractivity contribution in [3.63, 3.8) is 0 Å². The van der Waals surface area contributed by atoms with E-state index in [1.165, 1.54) is 37.8 Å². The van der Waals surface area contributed by atoms with Gasteiger partial charge in [0.05, 0.1) is 38.9 Å². The van der Waals surface area contributed by atoms with Gasteiger partial charge < -0.3 is 20.5 Å². The van der Waals surface area contributed by atoms with Gasteiger partial charge in [-0.15, -0.1) is 0 Å². The molecule has 16 nitrogen and oxygen atoms in total. The minimum atomic E-state index is -4.82. The summed E-state index contributed by atoms with van der Waals surface area (Å²) in [6.45, 7) is 2.67. The van der Waals surface area contributed by atoms with Crippen molar-refractivity contribution >= 4 is 51.3 Å². The highest BCUT2D eigenvalue weighted by molar-refractivity contribution is 6.13. The van der Waals surface area contributed by atoms with Crippen molar-refractivity contribution in [1.29, 1.82) is 0 Å². The van der Waals surface area contributed by atoms with E-state index in [0.29, 0.717) is 47.4 Å². The van der Waals surface area contributed by atoms with Crippen LogP contribution in [0, 0.1) is 11.7 Å². The number of nitrogens with zero attached hydrogens (tertiary/aromatic N) is 7. The highest BCUT2D eigenvalue weighted by Crippen LogP contribution is 2.38. The number of carbonyl (C=O) groups is 4. The first-order valence-corrected chi connectivity index (χ1v) is 22.1. The number of nitrogens with one attached hydrogen (secondary N) is 2. The topological polar surface area (TPSA) is 193 Å². The maximum Gasteiger partial charge on any atom is 0.416 e. The second-order valence-electron chi connectivity index (χ2n) is 17.4. The van der Waals surface area contributed by atoms with Crippen molar-refractivity contribution in [3.05, 3.63) is 134 Å². The van der Waals surface area contributed by atoms with E-state index in [9.17, 15) is 46.3 Å². The summed E-state index contributed by atoms with van der Waals surface area (Å²) in [5.74, 6) is -3.54. The summed E-state index contributed by atoms with van der Waals surface area (Å²) in [5, 5.41) is 9.04. The number of piperidine rings is 2. The van der Waals surface area contributed by atoms with Crippen LogP contribution in [0.3, 0.4) is 0 Å². The molecule has 1 unspecified atom stereocenters. The maximum atomic E-state index is 14.5. The predicted octanol–water partition coefficient (Wildman–Crippen LogP) is 5.68. The summed E-state index contributed by atoms with van der Waals surface area (Å²) in [5.41, 5.74) is 6.98. The fourth-order valence-electron chi connectivity index (χ4n) is 9.46. The number of rotatable bonds is 12. The monoisotopic (exact) mass is 934 g/mol. The van der Waals surface area contributed by atoms with Gasteiger partial charge in [0.15, 0.2) is 0 Å². The third-order valence-corrected chi connectivity index (χ3v) is 13.2. The van der Waals surface area contributed by atoms with Gasteiger partial charge in [-0.2, -0.15) is 18.3 Å². The zero-order valence-corrected chi connectivity index (χ0v) is 37.0. The van der Waals surface area contributed by atoms with Gasteiger partial charge in [-0.25, -0.2) is 23.2 Å². The Kier molecular flexibility index (Phi) is 12.0. The fourth-order valence-corrected chi connectivity index (χ4v) is 9.46. The van der Waals surface area contributed by atoms with E-state index in [0.717, 1.165) is 62.3 Å². The second-order valence-corrected chi connectivity index (χ2v) is 17.4. The van der Waals surface area contributed by atoms with E-state index in [2.05, 4.69) is 20.6 Å². The standard InChI is InChI=1S/C48H46F4N10O6/c1-57-40-21-28(3-10-37(40)62(46(57)67)38-11-12-41(63)56-45(38)66)15-19-59-17-13-27(14-18-59)16-20-60-39(29-4-7-33(8-5-29)61-26-54-58(2)47(61)68)23-30-22-31(48(50,51)52)24-35(42(30)60)44(65)55-32-6-9-36(49)34(25-32)43(53)64/h3-10,21-27,38H,11-20H2,1-2H3,(H2,53,64)(H,55,65)(H,56,63,66). The molecule has 4 aromatic carbocycles. The third kappa shape index (κ3) is 8.73. The molecule has 4 amide bonds. The zero-order chi connectivity index (χ0) is 48.2. The minimum absolute atomic E-state index is 0.0443. The van der Waals surface area contributed by atoms with Crippen LogP contribution in [-0.2, 0) is 42.8 Å². The number of nitrogens with two attached hydrogens (primary N) is 1. The van der Waals surface area contributed by atoms with Crippen LogP contribution < -0.4 is 27.7 Å². The van der Waals surface area contributed by atoms with Gasteiger partial charge in [0.2, 0.25) is 11.8 Å². The van der Waals surface area contributed by atoms with Crippen LogP contribution in [-0.4, -0.2) is 76.2 Å². The van der Waals surface area contributed by atoms with Crippen LogP contribution in [0.15, 0.2) is 94.8 Å². The predicted molar refractivity (Wildman–Crippen MR) is 244 cm³/mol. The Morgan fingerprint density at radius 1 is 0.853 bits per heavy atom. The Labute approximate surface area is 384 Å². The van der Waals surface area contributed by atoms with Crippen molar-refractivity contribution in [2.75, 3.05) is 25.0 Å². The number of halogens is 4. The number of amides is 4. The molecule has 3 aromatic heterocycles. The number of benzene rings is 4. The molecular formula is C48H46F4N10O6. The van der Waals surface area contributed by atoms with Crippen LogP contribution in [0.5, 0.6) is 0 Å². The summed E-state index contributed by atoms with van der Waals surface area (Å²) < 4.78 is 65.2. The van der Waals surface area contributed by atoms with E-state index in [-0.39, 0.29) is 58.2 Å². The average molecular weight is 935 g/mol. The number of imidazole rings is 1. The number of aryl methyl sites for hydroxylation is 3. The molecule has 9 rings (SSSR count). The number of anilines is 1. The molecule has 2 aliphatic rings. The molecular weight excluding hydrogens is 889 g/mol. The number of aromatic nitrogens is 6. The number of imide groups is 1. The Hall–Kier alpha value is -7.61. The van der Waals surface area contributed by atoms with E-state index in [4.69, 9.17) is 5.73 Å². The largest absolute Gasteiger partial charge is 0.416 e. The molecule has 4 N–H and O–H groups in total. The first kappa shape index (κ1) is 45.5. The Balaban J connectivity index is 0.963. The molecule has 352 valence electrons. The smallest absolute Gasteiger partial charge is 0.366 e. The summed E-state index contributed by atoms with van der Waals surface area (Å²) >= 11 is 0. The minimum Gasteiger partial charge on any atom is -0.366 e. The number of fused-ring (bicyclic) bond motifs is 2. The molecule has 7 aromatic rings. The summed E-state index contributed by atoms with van der Waals surface area (Å²) in [7, 11) is 3.18. The quantitative estimate of drug-likeness (QED) is 0.103. The molecule has 0 aliphatic carbocycles. The van der Waals surface area contributed by atoms with Gasteiger partial charge in [-0.1, -0.05) is 18.2 Å². The van der Waals surface area contributed by atoms with E-state index in [1.807, 2.05) is 22.8 Å². The van der Waals surface area contributed by atoms with Crippen LogP contribution in [0.4, 0.5) is 23.2 Å². The fraction of sp³-hybridized carbons (Fsp3) is 0.312. The van der Waals surface area contributed by atoms with Gasteiger partial charge >= 0.3 is 17.6 Å². The van der Waals surface area contributed by atoms with E-state index < -0.39 is 46.9 Å². The lowest BCUT2D eigenvalue weighted by Crippen LogP contribution is -2.44. The van der Waals surface area contributed by atoms with Gasteiger partial charge in [-0.05, 0) is 123 Å². The molecule has 0 bridgehead atoms. The molecule has 68 heavy (non-hydrogen) atoms. The Bertz CT molecular complexity index is 3280. The molecule has 2 aliphatic heterocycles. The van der Waals surface area contributed by atoms with Crippen molar-refractivity contribution in [2.45, 2.75) is 57.3 Å². The highest BCUT2D eigenvalue weighted by atomic mass is 19.4. The van der Waals surface area contributed by atoms with Crippen molar-refractivity contribution in [2.24, 2.45) is 25.7 Å². The van der Waals surface area contributed by atoms with Crippen LogP contribution >= 0.6 is 0 Å². The average Bonchev–Trinajstić information content (AvgIpc) is 3.94. The molecule has 2 fully saturated rings. The first-order chi connectivity index (χ1) is 32.4. The summed E-state index contributed by atoms with van der Waals surface area (Å²) in [6.07, 6.45) is -0.0267. The lowest BCUT2D eigenvalue weighted by Gasteiger charge is -2.32. The van der Waals surface area contributed by atoms with Crippen molar-refractivity contribution < 1.29 is 36.7 Å². The molecule has 5 heterocycles. The van der Waals surface area contributed by atoms with Gasteiger partial charge in [0.1, 0.15) is 18.2 Å². The summed E-state index contributed by atoms with van der Waals surface area (Å²) in [4.78, 5) is 78.7. The van der Waals surface area contributed by atoms with E-state index >= 15 is 0 Å². The number of alkyl halides is 3. The normalized spacial score (nSPS) is 16.2. The summed E-state index contributed by atoms with van der Waals surface area (Å²) in [6, 6.07) is 18.4. The number of carbonyl (C=O) groups excluding carboxylic acids is 4. The van der Waals surface area contributed by atoms with Gasteiger partial charge in [-0.3, -0.25) is 33.6 Å². The Morgan fingerprint density at radius 2 is 1.60 bits per heavy atom. The molecule has 1 atom stereocenters. The zero-order valence-electron chi connectivity index (χ0n) is 37.0. The number of primary amides is 1. The lowest BCUT2D eigenvalue weighted by molar-refractivity contribution is -0.138. The van der Waals surface area contributed by atoms with Gasteiger partial charge in [0.25, 0.3) is 11.8 Å². The Morgan fingerprint density at radius 3 is 2.28 bits per heavy atom. The van der Waals surface area contributed by atoms with Crippen LogP contribution in [0.25, 0.3) is 38.9 Å². The number of likely N-dealkylation sites (tertiary alicyclic amines) is 1.